The number of carbonyl (C=O) groups is 2. The van der Waals surface area contributed by atoms with Crippen LogP contribution in [0.25, 0.3) is 0 Å². The first-order valence-corrected chi connectivity index (χ1v) is 10.8. The highest BCUT2D eigenvalue weighted by Gasteiger charge is 2.43. The Balaban J connectivity index is 0.00000272. The molecule has 1 saturated heterocycles. The van der Waals surface area contributed by atoms with Gasteiger partial charge in [0.1, 0.15) is 6.04 Å². The Morgan fingerprint density at radius 1 is 1.00 bits per heavy atom. The predicted molar refractivity (Wildman–Crippen MR) is 125 cm³/mol. The number of likely N-dealkylation sites (tertiary alicyclic amines) is 1. The standard InChI is InChI=1S/C25H31N3O2.ClH/c1-24(2,26)23(30)27-21(19-9-4-3-5-10-19)22(29)28-16-14-25(15-17-28)13-12-18-8-6-7-11-20(18)25;/h3-11,21H,12-17,26H2,1-2H3,(H,27,30);1H/t21-;/m1./s1. The van der Waals surface area contributed by atoms with Crippen molar-refractivity contribution in [1.29, 1.82) is 0 Å². The van der Waals surface area contributed by atoms with Gasteiger partial charge in [-0.25, -0.2) is 0 Å². The lowest BCUT2D eigenvalue weighted by Gasteiger charge is -2.41. The second kappa shape index (κ2) is 9.01. The molecule has 166 valence electrons. The van der Waals surface area contributed by atoms with Crippen LogP contribution in [0.2, 0.25) is 0 Å². The van der Waals surface area contributed by atoms with Crippen LogP contribution in [-0.4, -0.2) is 35.3 Å². The molecule has 2 amide bonds. The zero-order valence-electron chi connectivity index (χ0n) is 18.3. The summed E-state index contributed by atoms with van der Waals surface area (Å²) in [6.45, 7) is 4.71. The average molecular weight is 442 g/mol. The first-order valence-electron chi connectivity index (χ1n) is 10.8. The van der Waals surface area contributed by atoms with Gasteiger partial charge in [-0.2, -0.15) is 0 Å². The quantitative estimate of drug-likeness (QED) is 0.762. The smallest absolute Gasteiger partial charge is 0.249 e. The van der Waals surface area contributed by atoms with Crippen LogP contribution in [0.5, 0.6) is 0 Å². The number of piperidine rings is 1. The number of carbonyl (C=O) groups excluding carboxylic acids is 2. The molecule has 0 bridgehead atoms. The summed E-state index contributed by atoms with van der Waals surface area (Å²) < 4.78 is 0. The van der Waals surface area contributed by atoms with E-state index in [9.17, 15) is 9.59 Å². The molecule has 0 radical (unpaired) electrons. The maximum Gasteiger partial charge on any atom is 0.249 e. The van der Waals surface area contributed by atoms with Crippen molar-refractivity contribution in [2.75, 3.05) is 13.1 Å². The molecule has 2 aromatic rings. The lowest BCUT2D eigenvalue weighted by Crippen LogP contribution is -2.54. The summed E-state index contributed by atoms with van der Waals surface area (Å²) in [6, 6.07) is 17.4. The van der Waals surface area contributed by atoms with Crippen LogP contribution >= 0.6 is 12.4 Å². The molecule has 0 aromatic heterocycles. The molecule has 1 aliphatic heterocycles. The normalized spacial score (nSPS) is 18.1. The Hall–Kier alpha value is -2.37. The van der Waals surface area contributed by atoms with E-state index in [4.69, 9.17) is 5.73 Å². The third kappa shape index (κ3) is 4.63. The van der Waals surface area contributed by atoms with Crippen molar-refractivity contribution >= 4 is 24.2 Å². The maximum absolute atomic E-state index is 13.5. The van der Waals surface area contributed by atoms with E-state index in [0.717, 1.165) is 31.2 Å². The predicted octanol–water partition coefficient (Wildman–Crippen LogP) is 3.51. The minimum absolute atomic E-state index is 0. The summed E-state index contributed by atoms with van der Waals surface area (Å²) in [5.41, 5.74) is 8.82. The molecule has 31 heavy (non-hydrogen) atoms. The summed E-state index contributed by atoms with van der Waals surface area (Å²) in [7, 11) is 0. The van der Waals surface area contributed by atoms with Crippen molar-refractivity contribution in [3.8, 4) is 0 Å². The minimum atomic E-state index is -1.05. The molecule has 2 aromatic carbocycles. The van der Waals surface area contributed by atoms with Crippen molar-refractivity contribution in [2.24, 2.45) is 5.73 Å². The molecule has 3 N–H and O–H groups in total. The Kier molecular flexibility index (Phi) is 6.77. The van der Waals surface area contributed by atoms with Crippen LogP contribution < -0.4 is 11.1 Å². The first kappa shape index (κ1) is 23.3. The van der Waals surface area contributed by atoms with Gasteiger partial charge in [0.2, 0.25) is 11.8 Å². The van der Waals surface area contributed by atoms with E-state index in [1.54, 1.807) is 13.8 Å². The van der Waals surface area contributed by atoms with E-state index in [-0.39, 0.29) is 29.6 Å². The Bertz CT molecular complexity index is 931. The third-order valence-electron chi connectivity index (χ3n) is 6.73. The number of hydrogen-bond donors (Lipinski definition) is 2. The van der Waals surface area contributed by atoms with E-state index >= 15 is 0 Å². The van der Waals surface area contributed by atoms with Gasteiger partial charge in [-0.3, -0.25) is 9.59 Å². The summed E-state index contributed by atoms with van der Waals surface area (Å²) >= 11 is 0. The van der Waals surface area contributed by atoms with Crippen LogP contribution in [0.1, 0.15) is 55.8 Å². The van der Waals surface area contributed by atoms with Gasteiger partial charge in [0.15, 0.2) is 0 Å². The number of aryl methyl sites for hydroxylation is 1. The molecule has 1 heterocycles. The van der Waals surface area contributed by atoms with Gasteiger partial charge >= 0.3 is 0 Å². The fraction of sp³-hybridized carbons (Fsp3) is 0.440. The number of nitrogens with two attached hydrogens (primary N) is 1. The summed E-state index contributed by atoms with van der Waals surface area (Å²) in [5, 5.41) is 2.89. The zero-order valence-corrected chi connectivity index (χ0v) is 19.1. The Morgan fingerprint density at radius 3 is 2.26 bits per heavy atom. The molecule has 1 aliphatic carbocycles. The van der Waals surface area contributed by atoms with Gasteiger partial charge in [-0.1, -0.05) is 54.6 Å². The van der Waals surface area contributed by atoms with Crippen molar-refractivity contribution in [3.63, 3.8) is 0 Å². The monoisotopic (exact) mass is 441 g/mol. The van der Waals surface area contributed by atoms with Gasteiger partial charge in [0.05, 0.1) is 5.54 Å². The van der Waals surface area contributed by atoms with Gasteiger partial charge in [-0.05, 0) is 61.6 Å². The summed E-state index contributed by atoms with van der Waals surface area (Å²) in [6.07, 6.45) is 4.22. The zero-order chi connectivity index (χ0) is 21.4. The van der Waals surface area contributed by atoms with Gasteiger partial charge in [0, 0.05) is 13.1 Å². The molecular formula is C25H32ClN3O2. The minimum Gasteiger partial charge on any atom is -0.341 e. The van der Waals surface area contributed by atoms with Crippen LogP contribution in [-0.2, 0) is 21.4 Å². The molecule has 1 fully saturated rings. The topological polar surface area (TPSA) is 75.4 Å². The van der Waals surface area contributed by atoms with Gasteiger partial charge in [-0.15, -0.1) is 12.4 Å². The van der Waals surface area contributed by atoms with E-state index in [0.29, 0.717) is 13.1 Å². The highest BCUT2D eigenvalue weighted by Crippen LogP contribution is 2.46. The number of hydrogen-bond acceptors (Lipinski definition) is 3. The van der Waals surface area contributed by atoms with Crippen molar-refractivity contribution in [3.05, 3.63) is 71.3 Å². The molecular weight excluding hydrogens is 410 g/mol. The molecule has 5 nitrogen and oxygen atoms in total. The molecule has 1 atom stereocenters. The number of fused-ring (bicyclic) bond motifs is 2. The van der Waals surface area contributed by atoms with Gasteiger partial charge < -0.3 is 16.0 Å². The van der Waals surface area contributed by atoms with E-state index < -0.39 is 11.6 Å². The van der Waals surface area contributed by atoms with Crippen LogP contribution in [0.3, 0.4) is 0 Å². The fourth-order valence-corrected chi connectivity index (χ4v) is 4.87. The van der Waals surface area contributed by atoms with E-state index in [1.807, 2.05) is 35.2 Å². The van der Waals surface area contributed by atoms with Crippen LogP contribution in [0.15, 0.2) is 54.6 Å². The van der Waals surface area contributed by atoms with Crippen LogP contribution in [0, 0.1) is 0 Å². The second-order valence-electron chi connectivity index (χ2n) is 9.30. The maximum atomic E-state index is 13.5. The lowest BCUT2D eigenvalue weighted by atomic mass is 9.73. The third-order valence-corrected chi connectivity index (χ3v) is 6.73. The molecule has 1 spiro atoms. The number of nitrogens with one attached hydrogen (secondary N) is 1. The van der Waals surface area contributed by atoms with Crippen molar-refractivity contribution in [1.82, 2.24) is 10.2 Å². The number of nitrogens with zero attached hydrogens (tertiary/aromatic N) is 1. The molecule has 6 heteroatoms. The fourth-order valence-electron chi connectivity index (χ4n) is 4.87. The number of benzene rings is 2. The first-order chi connectivity index (χ1) is 14.3. The molecule has 2 aliphatic rings. The molecule has 4 rings (SSSR count). The number of halogens is 1. The molecule has 0 saturated carbocycles. The highest BCUT2D eigenvalue weighted by molar-refractivity contribution is 5.92. The second-order valence-corrected chi connectivity index (χ2v) is 9.30. The average Bonchev–Trinajstić information content (AvgIpc) is 3.10. The van der Waals surface area contributed by atoms with E-state index in [2.05, 4.69) is 29.6 Å². The summed E-state index contributed by atoms with van der Waals surface area (Å²) in [5.74, 6) is -0.386. The number of amides is 2. The Labute approximate surface area is 190 Å². The number of rotatable bonds is 4. The van der Waals surface area contributed by atoms with Crippen LogP contribution in [0.4, 0.5) is 0 Å². The lowest BCUT2D eigenvalue weighted by molar-refractivity contribution is -0.139. The summed E-state index contributed by atoms with van der Waals surface area (Å²) in [4.78, 5) is 28.0. The van der Waals surface area contributed by atoms with Gasteiger partial charge in [0.25, 0.3) is 0 Å². The highest BCUT2D eigenvalue weighted by atomic mass is 35.5. The Morgan fingerprint density at radius 2 is 1.61 bits per heavy atom. The largest absolute Gasteiger partial charge is 0.341 e. The SMILES string of the molecule is CC(C)(N)C(=O)N[C@@H](C(=O)N1CCC2(CCc3ccccc32)CC1)c1ccccc1.Cl. The van der Waals surface area contributed by atoms with Crippen molar-refractivity contribution < 1.29 is 9.59 Å². The molecule has 0 unspecified atom stereocenters. The van der Waals surface area contributed by atoms with Crippen molar-refractivity contribution in [2.45, 2.75) is 56.5 Å². The van der Waals surface area contributed by atoms with E-state index in [1.165, 1.54) is 11.1 Å².